The lowest BCUT2D eigenvalue weighted by atomic mass is 9.80. The number of rotatable bonds is 13. The van der Waals surface area contributed by atoms with Crippen LogP contribution in [0.15, 0.2) is 12.0 Å². The Morgan fingerprint density at radius 3 is 2.24 bits per heavy atom. The number of urea groups is 1. The van der Waals surface area contributed by atoms with Crippen LogP contribution in [0.1, 0.15) is 66.7 Å². The van der Waals surface area contributed by atoms with Crippen LogP contribution in [0.25, 0.3) is 0 Å². The number of carbonyl (C=O) groups is 5. The lowest BCUT2D eigenvalue weighted by molar-refractivity contribution is -0.143. The standard InChI is InChI=1S/C27H44N6O7S/c1-7-41(39,40)29-12-11-17(31-25(38)32-26(2,3)4)24(37)33-14-16-19(27(16,5)6)20(33)23(36)30-18(21(34)22(28)35)13-15-9-8-10-15/h7,15-20,29H,1,8-14H2,2-6H3,(H2,28,35)(H,30,36)(H2,31,32,38)/t16?,17-,18?,19?,20?/m0/s1. The summed E-state index contributed by atoms with van der Waals surface area (Å²) in [6.07, 6.45) is 3.01. The van der Waals surface area contributed by atoms with Gasteiger partial charge in [0.15, 0.2) is 0 Å². The lowest BCUT2D eigenvalue weighted by Crippen LogP contribution is -2.60. The summed E-state index contributed by atoms with van der Waals surface area (Å²) in [5, 5.41) is 8.81. The summed E-state index contributed by atoms with van der Waals surface area (Å²) in [6, 6.07) is -3.80. The molecule has 3 rings (SSSR count). The van der Waals surface area contributed by atoms with E-state index in [1.807, 2.05) is 13.8 Å². The van der Waals surface area contributed by atoms with E-state index in [-0.39, 0.29) is 42.7 Å². The van der Waals surface area contributed by atoms with Crippen LogP contribution in [0.4, 0.5) is 4.79 Å². The Hall–Kier alpha value is -3.00. The van der Waals surface area contributed by atoms with Crippen LogP contribution in [0.5, 0.6) is 0 Å². The topological polar surface area (TPSA) is 197 Å². The Morgan fingerprint density at radius 2 is 1.73 bits per heavy atom. The van der Waals surface area contributed by atoms with Crippen molar-refractivity contribution in [2.75, 3.05) is 13.1 Å². The molecule has 0 bridgehead atoms. The van der Waals surface area contributed by atoms with Crippen molar-refractivity contribution in [1.82, 2.24) is 25.6 Å². The van der Waals surface area contributed by atoms with Gasteiger partial charge < -0.3 is 26.6 Å². The van der Waals surface area contributed by atoms with Crippen molar-refractivity contribution in [2.45, 2.75) is 90.4 Å². The van der Waals surface area contributed by atoms with E-state index in [1.165, 1.54) is 4.90 Å². The maximum absolute atomic E-state index is 13.9. The first kappa shape index (κ1) is 32.5. The van der Waals surface area contributed by atoms with Crippen LogP contribution in [0.2, 0.25) is 0 Å². The van der Waals surface area contributed by atoms with Crippen molar-refractivity contribution < 1.29 is 32.4 Å². The van der Waals surface area contributed by atoms with Gasteiger partial charge in [-0.1, -0.05) is 39.7 Å². The third-order valence-corrected chi connectivity index (χ3v) is 9.52. The highest BCUT2D eigenvalue weighted by Crippen LogP contribution is 2.65. The third kappa shape index (κ3) is 7.85. The average molecular weight is 597 g/mol. The Morgan fingerprint density at radius 1 is 1.10 bits per heavy atom. The number of amides is 5. The molecule has 0 radical (unpaired) electrons. The number of nitrogens with one attached hydrogen (secondary N) is 4. The second-order valence-electron chi connectivity index (χ2n) is 13.0. The smallest absolute Gasteiger partial charge is 0.315 e. The summed E-state index contributed by atoms with van der Waals surface area (Å²) < 4.78 is 26.0. The van der Waals surface area contributed by atoms with Gasteiger partial charge in [-0.15, -0.1) is 0 Å². The minimum Gasteiger partial charge on any atom is -0.363 e. The fourth-order valence-electron chi connectivity index (χ4n) is 5.93. The number of sulfonamides is 1. The van der Waals surface area contributed by atoms with Gasteiger partial charge in [-0.05, 0) is 56.8 Å². The molecule has 6 N–H and O–H groups in total. The van der Waals surface area contributed by atoms with Gasteiger partial charge in [-0.25, -0.2) is 17.9 Å². The average Bonchev–Trinajstić information content (AvgIpc) is 3.14. The molecule has 0 spiro atoms. The minimum absolute atomic E-state index is 0.0162. The Labute approximate surface area is 241 Å². The first-order valence-corrected chi connectivity index (χ1v) is 15.6. The van der Waals surface area contributed by atoms with E-state index >= 15 is 0 Å². The molecule has 13 nitrogen and oxygen atoms in total. The van der Waals surface area contributed by atoms with Crippen LogP contribution in [-0.2, 0) is 29.2 Å². The van der Waals surface area contributed by atoms with Gasteiger partial charge in [-0.3, -0.25) is 19.2 Å². The first-order valence-electron chi connectivity index (χ1n) is 14.0. The van der Waals surface area contributed by atoms with E-state index in [0.29, 0.717) is 6.42 Å². The van der Waals surface area contributed by atoms with Crippen molar-refractivity contribution >= 4 is 39.6 Å². The summed E-state index contributed by atoms with van der Waals surface area (Å²) in [5.74, 6) is -3.09. The molecule has 2 saturated carbocycles. The van der Waals surface area contributed by atoms with Gasteiger partial charge in [-0.2, -0.15) is 0 Å². The molecule has 0 aromatic heterocycles. The van der Waals surface area contributed by atoms with Crippen molar-refractivity contribution in [3.8, 4) is 0 Å². The number of piperidine rings is 1. The van der Waals surface area contributed by atoms with Gasteiger partial charge in [0.05, 0.1) is 6.04 Å². The van der Waals surface area contributed by atoms with E-state index < -0.39 is 63.2 Å². The summed E-state index contributed by atoms with van der Waals surface area (Å²) in [7, 11) is -3.77. The summed E-state index contributed by atoms with van der Waals surface area (Å²) in [4.78, 5) is 66.0. The molecule has 14 heteroatoms. The molecule has 1 heterocycles. The van der Waals surface area contributed by atoms with Crippen molar-refractivity contribution in [1.29, 1.82) is 0 Å². The predicted molar refractivity (Wildman–Crippen MR) is 151 cm³/mol. The molecule has 41 heavy (non-hydrogen) atoms. The van der Waals surface area contributed by atoms with Crippen molar-refractivity contribution in [3.05, 3.63) is 12.0 Å². The number of ketones is 1. The molecule has 3 fully saturated rings. The molecule has 5 amide bonds. The van der Waals surface area contributed by atoms with Gasteiger partial charge in [0.25, 0.3) is 5.91 Å². The fourth-order valence-corrected chi connectivity index (χ4v) is 6.45. The largest absolute Gasteiger partial charge is 0.363 e. The molecular formula is C27H44N6O7S. The zero-order chi connectivity index (χ0) is 30.9. The maximum atomic E-state index is 13.9. The number of primary amides is 1. The Balaban J connectivity index is 1.83. The van der Waals surface area contributed by atoms with Crippen LogP contribution in [-0.4, -0.2) is 79.6 Å². The molecular weight excluding hydrogens is 552 g/mol. The molecule has 1 aliphatic heterocycles. The number of hydrogen-bond donors (Lipinski definition) is 5. The van der Waals surface area contributed by atoms with Gasteiger partial charge in [0.2, 0.25) is 27.6 Å². The quantitative estimate of drug-likeness (QED) is 0.186. The molecule has 5 atom stereocenters. The summed E-state index contributed by atoms with van der Waals surface area (Å²) in [5.41, 5.74) is 4.43. The predicted octanol–water partition coefficient (Wildman–Crippen LogP) is 0.118. The second-order valence-corrected chi connectivity index (χ2v) is 14.7. The highest BCUT2D eigenvalue weighted by atomic mass is 32.2. The molecule has 2 aliphatic carbocycles. The van der Waals surface area contributed by atoms with E-state index in [4.69, 9.17) is 5.73 Å². The lowest BCUT2D eigenvalue weighted by Gasteiger charge is -2.35. The monoisotopic (exact) mass is 596 g/mol. The number of Topliss-reactive ketones (excluding diaryl/α,β-unsaturated/α-hetero) is 1. The number of nitrogens with two attached hydrogens (primary N) is 1. The van der Waals surface area contributed by atoms with Gasteiger partial charge in [0, 0.05) is 24.0 Å². The fraction of sp³-hybridized carbons (Fsp3) is 0.741. The zero-order valence-corrected chi connectivity index (χ0v) is 25.3. The highest BCUT2D eigenvalue weighted by molar-refractivity contribution is 7.92. The molecule has 3 aliphatic rings. The molecule has 1 saturated heterocycles. The van der Waals surface area contributed by atoms with Crippen LogP contribution in [0, 0.1) is 23.2 Å². The van der Waals surface area contributed by atoms with Crippen molar-refractivity contribution in [2.24, 2.45) is 28.9 Å². The Bertz CT molecular complexity index is 1190. The van der Waals surface area contributed by atoms with Gasteiger partial charge >= 0.3 is 6.03 Å². The van der Waals surface area contributed by atoms with Crippen LogP contribution in [0.3, 0.4) is 0 Å². The van der Waals surface area contributed by atoms with Crippen LogP contribution < -0.4 is 26.4 Å². The SMILES string of the molecule is C=CS(=O)(=O)NCC[C@H](NC(=O)NC(C)(C)C)C(=O)N1CC2C(C1C(=O)NC(CC1CCC1)C(=O)C(N)=O)C2(C)C. The Kier molecular flexibility index (Phi) is 9.58. The number of hydrogen-bond acceptors (Lipinski definition) is 7. The number of carbonyl (C=O) groups excluding carboxylic acids is 5. The van der Waals surface area contributed by atoms with E-state index in [2.05, 4.69) is 27.3 Å². The van der Waals surface area contributed by atoms with E-state index in [9.17, 15) is 32.4 Å². The van der Waals surface area contributed by atoms with Crippen molar-refractivity contribution in [3.63, 3.8) is 0 Å². The highest BCUT2D eigenvalue weighted by Gasteiger charge is 2.69. The number of nitrogens with zero attached hydrogens (tertiary/aromatic N) is 1. The van der Waals surface area contributed by atoms with Gasteiger partial charge in [0.1, 0.15) is 12.1 Å². The normalized spacial score (nSPS) is 24.7. The van der Waals surface area contributed by atoms with E-state index in [0.717, 1.165) is 24.7 Å². The number of fused-ring (bicyclic) bond motifs is 1. The third-order valence-electron chi connectivity index (χ3n) is 8.48. The molecule has 230 valence electrons. The summed E-state index contributed by atoms with van der Waals surface area (Å²) >= 11 is 0. The first-order chi connectivity index (χ1) is 18.9. The second kappa shape index (κ2) is 12.1. The zero-order valence-electron chi connectivity index (χ0n) is 24.5. The molecule has 0 aromatic carbocycles. The summed E-state index contributed by atoms with van der Waals surface area (Å²) in [6.45, 7) is 12.6. The van der Waals surface area contributed by atoms with Crippen LogP contribution >= 0.6 is 0 Å². The minimum atomic E-state index is -3.77. The molecule has 4 unspecified atom stereocenters. The molecule has 0 aromatic rings. The van der Waals surface area contributed by atoms with E-state index in [1.54, 1.807) is 20.8 Å². The maximum Gasteiger partial charge on any atom is 0.315 e. The number of likely N-dealkylation sites (tertiary alicyclic amines) is 1.